The molecule has 0 bridgehead atoms. The summed E-state index contributed by atoms with van der Waals surface area (Å²) in [6.07, 6.45) is 3.25. The predicted octanol–water partition coefficient (Wildman–Crippen LogP) is 5.30. The highest BCUT2D eigenvalue weighted by Crippen LogP contribution is 2.34. The number of fused-ring (bicyclic) bond motifs is 1. The highest BCUT2D eigenvalue weighted by molar-refractivity contribution is 6.35. The summed E-state index contributed by atoms with van der Waals surface area (Å²) in [5.41, 5.74) is 4.99. The maximum atomic E-state index is 6.38. The van der Waals surface area contributed by atoms with Crippen molar-refractivity contribution in [2.75, 3.05) is 38.7 Å². The van der Waals surface area contributed by atoms with Crippen molar-refractivity contribution >= 4 is 45.7 Å². The van der Waals surface area contributed by atoms with Gasteiger partial charge in [0.25, 0.3) is 0 Å². The van der Waals surface area contributed by atoms with Crippen molar-refractivity contribution in [3.63, 3.8) is 0 Å². The van der Waals surface area contributed by atoms with Gasteiger partial charge in [-0.05, 0) is 35.9 Å². The molecule has 2 aromatic carbocycles. The lowest BCUT2D eigenvalue weighted by atomic mass is 10.2. The Balaban J connectivity index is 1.29. The van der Waals surface area contributed by atoms with Crippen molar-refractivity contribution in [1.82, 2.24) is 35.0 Å². The Labute approximate surface area is 228 Å². The Bertz CT molecular complexity index is 1600. The third-order valence-electron chi connectivity index (χ3n) is 6.33. The molecule has 1 saturated heterocycles. The largest absolute Gasteiger partial charge is 0.491 e. The van der Waals surface area contributed by atoms with Gasteiger partial charge in [-0.15, -0.1) is 0 Å². The van der Waals surface area contributed by atoms with Crippen LogP contribution in [0.25, 0.3) is 33.9 Å². The molecule has 10 nitrogen and oxygen atoms in total. The van der Waals surface area contributed by atoms with Gasteiger partial charge in [0.1, 0.15) is 5.69 Å². The lowest BCUT2D eigenvalue weighted by Crippen LogP contribution is -2.35. The molecule has 12 heteroatoms. The third kappa shape index (κ3) is 5.03. The van der Waals surface area contributed by atoms with E-state index in [1.165, 1.54) is 5.56 Å². The summed E-state index contributed by atoms with van der Waals surface area (Å²) in [5.74, 6) is 1.95. The van der Waals surface area contributed by atoms with Crippen LogP contribution in [0.5, 0.6) is 5.75 Å². The molecule has 194 valence electrons. The van der Waals surface area contributed by atoms with Crippen molar-refractivity contribution in [2.45, 2.75) is 6.54 Å². The molecule has 0 saturated carbocycles. The Morgan fingerprint density at radius 3 is 2.79 bits per heavy atom. The average molecular weight is 551 g/mol. The van der Waals surface area contributed by atoms with Gasteiger partial charge in [-0.3, -0.25) is 10.00 Å². The van der Waals surface area contributed by atoms with Crippen LogP contribution >= 0.6 is 23.2 Å². The van der Waals surface area contributed by atoms with Crippen LogP contribution in [0.4, 0.5) is 11.5 Å². The molecular weight excluding hydrogens is 527 g/mol. The van der Waals surface area contributed by atoms with E-state index in [1.807, 2.05) is 6.07 Å². The van der Waals surface area contributed by atoms with Crippen molar-refractivity contribution in [3.05, 3.63) is 64.4 Å². The monoisotopic (exact) mass is 550 g/mol. The first-order chi connectivity index (χ1) is 18.6. The van der Waals surface area contributed by atoms with Gasteiger partial charge in [-0.2, -0.15) is 5.10 Å². The van der Waals surface area contributed by atoms with E-state index in [1.54, 1.807) is 37.7 Å². The van der Waals surface area contributed by atoms with Crippen LogP contribution in [0, 0.1) is 0 Å². The van der Waals surface area contributed by atoms with E-state index in [0.717, 1.165) is 43.9 Å². The number of hydrogen-bond donors (Lipinski definition) is 3. The second kappa shape index (κ2) is 10.6. The van der Waals surface area contributed by atoms with Crippen LogP contribution in [0.3, 0.4) is 0 Å². The number of hydrogen-bond acceptors (Lipinski definition) is 8. The van der Waals surface area contributed by atoms with E-state index in [-0.39, 0.29) is 0 Å². The summed E-state index contributed by atoms with van der Waals surface area (Å²) < 4.78 is 11.0. The summed E-state index contributed by atoms with van der Waals surface area (Å²) in [6, 6.07) is 11.4. The molecule has 0 unspecified atom stereocenters. The van der Waals surface area contributed by atoms with E-state index in [4.69, 9.17) is 37.7 Å². The van der Waals surface area contributed by atoms with Gasteiger partial charge >= 0.3 is 0 Å². The van der Waals surface area contributed by atoms with Gasteiger partial charge in [-0.25, -0.2) is 15.0 Å². The standard InChI is InChI=1S/C26H24Cl2N8O2/c1-37-22-13-29-24(17-11-16(27)3-4-18(17)28)34-25(22)33-21-12-30-35-23(21)26-31-19-5-2-15(10-20(19)32-26)14-36-6-8-38-9-7-36/h2-5,10-13H,6-9,14H2,1H3,(H,30,35)(H,31,32)(H,29,33,34). The maximum absolute atomic E-state index is 6.38. The number of nitrogens with zero attached hydrogens (tertiary/aromatic N) is 5. The SMILES string of the molecule is COc1cnc(-c2cc(Cl)ccc2Cl)nc1Nc1cn[nH]c1-c1nc2ccc(CN3CCOCC3)cc2[nH]1. The Hall–Kier alpha value is -3.70. The van der Waals surface area contributed by atoms with Gasteiger partial charge < -0.3 is 19.8 Å². The number of imidazole rings is 1. The zero-order chi connectivity index (χ0) is 26.1. The number of aromatic amines is 2. The second-order valence-electron chi connectivity index (χ2n) is 8.84. The molecule has 1 fully saturated rings. The predicted molar refractivity (Wildman–Crippen MR) is 147 cm³/mol. The van der Waals surface area contributed by atoms with Gasteiger partial charge in [0.05, 0.1) is 54.5 Å². The first-order valence-corrected chi connectivity index (χ1v) is 12.8. The minimum absolute atomic E-state index is 0.405. The molecular formula is C26H24Cl2N8O2. The number of aromatic nitrogens is 6. The highest BCUT2D eigenvalue weighted by Gasteiger charge is 2.18. The summed E-state index contributed by atoms with van der Waals surface area (Å²) in [4.78, 5) is 19.6. The van der Waals surface area contributed by atoms with Crippen molar-refractivity contribution in [2.24, 2.45) is 0 Å². The van der Waals surface area contributed by atoms with Gasteiger partial charge in [0.15, 0.2) is 23.2 Å². The molecule has 38 heavy (non-hydrogen) atoms. The lowest BCUT2D eigenvalue weighted by molar-refractivity contribution is 0.0342. The topological polar surface area (TPSA) is 117 Å². The summed E-state index contributed by atoms with van der Waals surface area (Å²) >= 11 is 12.6. The Morgan fingerprint density at radius 2 is 1.95 bits per heavy atom. The normalized spacial score (nSPS) is 14.2. The number of halogens is 2. The first-order valence-electron chi connectivity index (χ1n) is 12.0. The molecule has 0 amide bonds. The molecule has 3 N–H and O–H groups in total. The van der Waals surface area contributed by atoms with E-state index < -0.39 is 0 Å². The van der Waals surface area contributed by atoms with Crippen LogP contribution in [-0.2, 0) is 11.3 Å². The zero-order valence-electron chi connectivity index (χ0n) is 20.5. The number of rotatable bonds is 7. The number of H-pyrrole nitrogens is 2. The number of ether oxygens (including phenoxy) is 2. The van der Waals surface area contributed by atoms with Crippen molar-refractivity contribution in [1.29, 1.82) is 0 Å². The maximum Gasteiger partial charge on any atom is 0.179 e. The molecule has 0 spiro atoms. The molecule has 5 aromatic rings. The van der Waals surface area contributed by atoms with Crippen LogP contribution in [-0.4, -0.2) is 68.4 Å². The van der Waals surface area contributed by atoms with E-state index in [9.17, 15) is 0 Å². The minimum atomic E-state index is 0.405. The van der Waals surface area contributed by atoms with Crippen LogP contribution in [0.15, 0.2) is 48.8 Å². The lowest BCUT2D eigenvalue weighted by Gasteiger charge is -2.26. The number of anilines is 2. The smallest absolute Gasteiger partial charge is 0.179 e. The molecule has 6 rings (SSSR count). The van der Waals surface area contributed by atoms with E-state index in [0.29, 0.717) is 50.2 Å². The van der Waals surface area contributed by atoms with Gasteiger partial charge in [0, 0.05) is 30.2 Å². The van der Waals surface area contributed by atoms with Crippen LogP contribution in [0.2, 0.25) is 10.0 Å². The molecule has 0 aliphatic carbocycles. The van der Waals surface area contributed by atoms with E-state index >= 15 is 0 Å². The third-order valence-corrected chi connectivity index (χ3v) is 6.89. The van der Waals surface area contributed by atoms with Crippen molar-refractivity contribution in [3.8, 4) is 28.7 Å². The minimum Gasteiger partial charge on any atom is -0.491 e. The molecule has 1 aliphatic heterocycles. The van der Waals surface area contributed by atoms with Crippen LogP contribution < -0.4 is 10.1 Å². The molecule has 0 radical (unpaired) electrons. The number of benzene rings is 2. The number of methoxy groups -OCH3 is 1. The second-order valence-corrected chi connectivity index (χ2v) is 9.69. The molecule has 4 heterocycles. The van der Waals surface area contributed by atoms with Gasteiger partial charge in [-0.1, -0.05) is 29.3 Å². The fourth-order valence-electron chi connectivity index (χ4n) is 4.39. The van der Waals surface area contributed by atoms with Crippen LogP contribution in [0.1, 0.15) is 5.56 Å². The molecule has 1 aliphatic rings. The zero-order valence-corrected chi connectivity index (χ0v) is 22.0. The van der Waals surface area contributed by atoms with E-state index in [2.05, 4.69) is 47.5 Å². The fraction of sp³-hybridized carbons (Fsp3) is 0.231. The Morgan fingerprint density at radius 1 is 1.08 bits per heavy atom. The quantitative estimate of drug-likeness (QED) is 0.250. The summed E-state index contributed by atoms with van der Waals surface area (Å²) in [6.45, 7) is 4.30. The summed E-state index contributed by atoms with van der Waals surface area (Å²) in [7, 11) is 1.56. The van der Waals surface area contributed by atoms with Crippen molar-refractivity contribution < 1.29 is 9.47 Å². The Kier molecular flexibility index (Phi) is 6.86. The van der Waals surface area contributed by atoms with Gasteiger partial charge in [0.2, 0.25) is 0 Å². The summed E-state index contributed by atoms with van der Waals surface area (Å²) in [5, 5.41) is 11.6. The first kappa shape index (κ1) is 24.6. The average Bonchev–Trinajstić information content (AvgIpc) is 3.57. The number of morpholine rings is 1. The fourth-order valence-corrected chi connectivity index (χ4v) is 4.76. The molecule has 0 atom stereocenters. The molecule has 3 aromatic heterocycles. The highest BCUT2D eigenvalue weighted by atomic mass is 35.5. The number of nitrogens with one attached hydrogen (secondary N) is 3.